The van der Waals surface area contributed by atoms with E-state index in [1.807, 2.05) is 0 Å². The Balaban J connectivity index is 1.52. The molecule has 0 radical (unpaired) electrons. The first kappa shape index (κ1) is 34.3. The van der Waals surface area contributed by atoms with Crippen molar-refractivity contribution in [2.24, 2.45) is 0 Å². The second kappa shape index (κ2) is 16.6. The molecule has 0 aliphatic rings. The Hall–Kier alpha value is -5.60. The van der Waals surface area contributed by atoms with Crippen LogP contribution in [0.3, 0.4) is 0 Å². The van der Waals surface area contributed by atoms with Crippen molar-refractivity contribution < 1.29 is 48.7 Å². The first-order chi connectivity index (χ1) is 22.7. The van der Waals surface area contributed by atoms with Crippen LogP contribution in [0.2, 0.25) is 0 Å². The van der Waals surface area contributed by atoms with E-state index in [-0.39, 0.29) is 48.8 Å². The molecule has 0 bridgehead atoms. The standard InChI is InChI=1S/C34H33N3O10/c1-35-27-15-25(34(42)45-13-12-44-33(41)21-6-4-3-5-7-21)16-28(18-27)37-31(38)30-17-23(10-11-29(30)32(39)40)22-8-9-24(20-47-43)26(14-22)19-46-36-2/h3-11,14-18,35-36,43H,12-13,19-20H2,1-2H3,(H,37,38)(H,39,40). The molecule has 47 heavy (non-hydrogen) atoms. The maximum absolute atomic E-state index is 13.5. The van der Waals surface area contributed by atoms with Gasteiger partial charge in [-0.25, -0.2) is 24.8 Å². The van der Waals surface area contributed by atoms with E-state index in [1.54, 1.807) is 74.8 Å². The van der Waals surface area contributed by atoms with Gasteiger partial charge in [0.15, 0.2) is 0 Å². The first-order valence-electron chi connectivity index (χ1n) is 14.3. The zero-order valence-electron chi connectivity index (χ0n) is 25.6. The van der Waals surface area contributed by atoms with Crippen LogP contribution in [0.1, 0.15) is 52.6 Å². The molecule has 0 heterocycles. The predicted octanol–water partition coefficient (Wildman–Crippen LogP) is 5.00. The number of benzene rings is 4. The summed E-state index contributed by atoms with van der Waals surface area (Å²) < 4.78 is 10.4. The largest absolute Gasteiger partial charge is 0.478 e. The van der Waals surface area contributed by atoms with Gasteiger partial charge in [-0.05, 0) is 70.8 Å². The molecule has 0 saturated carbocycles. The molecule has 13 heteroatoms. The number of carboxylic acids is 1. The number of nitrogens with one attached hydrogen (secondary N) is 3. The quantitative estimate of drug-likeness (QED) is 0.0507. The fraction of sp³-hybridized carbons (Fsp3) is 0.176. The Kier molecular flexibility index (Phi) is 12.1. The second-order valence-electron chi connectivity index (χ2n) is 9.96. The lowest BCUT2D eigenvalue weighted by Gasteiger charge is -2.14. The van der Waals surface area contributed by atoms with Gasteiger partial charge in [0.05, 0.1) is 28.9 Å². The van der Waals surface area contributed by atoms with Crippen LogP contribution >= 0.6 is 0 Å². The van der Waals surface area contributed by atoms with Crippen LogP contribution in [0.15, 0.2) is 84.9 Å². The highest BCUT2D eigenvalue weighted by atomic mass is 17.1. The summed E-state index contributed by atoms with van der Waals surface area (Å²) in [6.45, 7) is -0.286. The van der Waals surface area contributed by atoms with E-state index in [1.165, 1.54) is 24.3 Å². The van der Waals surface area contributed by atoms with Crippen LogP contribution in [0.25, 0.3) is 11.1 Å². The number of carboxylic acid groups (broad SMARTS) is 1. The third kappa shape index (κ3) is 9.22. The van der Waals surface area contributed by atoms with Crippen molar-refractivity contribution in [2.75, 3.05) is 37.9 Å². The molecule has 0 unspecified atom stereocenters. The van der Waals surface area contributed by atoms with E-state index in [4.69, 9.17) is 19.6 Å². The van der Waals surface area contributed by atoms with Gasteiger partial charge in [-0.15, -0.1) is 0 Å². The molecule has 0 aliphatic carbocycles. The molecule has 0 atom stereocenters. The van der Waals surface area contributed by atoms with Gasteiger partial charge in [-0.1, -0.05) is 36.4 Å². The van der Waals surface area contributed by atoms with Crippen LogP contribution in [0.4, 0.5) is 11.4 Å². The topological polar surface area (TPSA) is 182 Å². The fourth-order valence-electron chi connectivity index (χ4n) is 4.57. The van der Waals surface area contributed by atoms with Crippen molar-refractivity contribution in [1.82, 2.24) is 5.48 Å². The molecule has 0 spiro atoms. The van der Waals surface area contributed by atoms with Crippen molar-refractivity contribution in [3.8, 4) is 11.1 Å². The van der Waals surface area contributed by atoms with Crippen molar-refractivity contribution in [3.63, 3.8) is 0 Å². The minimum absolute atomic E-state index is 0.0722. The van der Waals surface area contributed by atoms with Gasteiger partial charge in [0.1, 0.15) is 19.8 Å². The summed E-state index contributed by atoms with van der Waals surface area (Å²) in [4.78, 5) is 60.1. The summed E-state index contributed by atoms with van der Waals surface area (Å²) in [5, 5.41) is 24.4. The number of carbonyl (C=O) groups excluding carboxylic acids is 3. The summed E-state index contributed by atoms with van der Waals surface area (Å²) in [6.07, 6.45) is 0. The normalized spacial score (nSPS) is 10.6. The number of amides is 1. The monoisotopic (exact) mass is 643 g/mol. The highest BCUT2D eigenvalue weighted by Crippen LogP contribution is 2.27. The Morgan fingerprint density at radius 1 is 0.681 bits per heavy atom. The Morgan fingerprint density at radius 2 is 1.34 bits per heavy atom. The van der Waals surface area contributed by atoms with Gasteiger partial charge in [-0.2, -0.15) is 0 Å². The van der Waals surface area contributed by atoms with E-state index in [0.717, 1.165) is 0 Å². The van der Waals surface area contributed by atoms with Crippen LogP contribution in [-0.4, -0.2) is 61.5 Å². The second-order valence-corrected chi connectivity index (χ2v) is 9.96. The number of hydrogen-bond acceptors (Lipinski definition) is 11. The van der Waals surface area contributed by atoms with Gasteiger partial charge in [0.2, 0.25) is 0 Å². The number of rotatable bonds is 15. The van der Waals surface area contributed by atoms with Gasteiger partial charge < -0.3 is 25.2 Å². The molecule has 0 aromatic heterocycles. The van der Waals surface area contributed by atoms with E-state index in [2.05, 4.69) is 21.0 Å². The zero-order valence-corrected chi connectivity index (χ0v) is 25.6. The molecule has 0 fully saturated rings. The number of esters is 2. The molecule has 4 aromatic rings. The Bertz CT molecular complexity index is 1740. The SMILES string of the molecule is CNOCc1cc(-c2ccc(C(=O)O)c(C(=O)Nc3cc(NC)cc(C(=O)OCCOC(=O)c4ccccc4)c3)c2)ccc1COO. The van der Waals surface area contributed by atoms with Gasteiger partial charge >= 0.3 is 17.9 Å². The smallest absolute Gasteiger partial charge is 0.338 e. The number of aromatic carboxylic acids is 1. The minimum Gasteiger partial charge on any atom is -0.478 e. The lowest BCUT2D eigenvalue weighted by Crippen LogP contribution is -2.18. The molecule has 13 nitrogen and oxygen atoms in total. The Morgan fingerprint density at radius 3 is 2.00 bits per heavy atom. The summed E-state index contributed by atoms with van der Waals surface area (Å²) in [6, 6.07) is 22.5. The summed E-state index contributed by atoms with van der Waals surface area (Å²) in [5.74, 6) is -3.31. The highest BCUT2D eigenvalue weighted by molar-refractivity contribution is 6.12. The molecular weight excluding hydrogens is 610 g/mol. The average Bonchev–Trinajstić information content (AvgIpc) is 3.09. The lowest BCUT2D eigenvalue weighted by atomic mass is 9.95. The number of hydroxylamine groups is 1. The van der Waals surface area contributed by atoms with Crippen molar-refractivity contribution in [1.29, 1.82) is 0 Å². The average molecular weight is 644 g/mol. The molecule has 4 aromatic carbocycles. The van der Waals surface area contributed by atoms with Crippen molar-refractivity contribution >= 4 is 35.2 Å². The summed E-state index contributed by atoms with van der Waals surface area (Å²) in [5.41, 5.74) is 5.92. The Labute approximate surface area is 269 Å². The third-order valence-corrected chi connectivity index (χ3v) is 6.90. The van der Waals surface area contributed by atoms with Crippen molar-refractivity contribution in [2.45, 2.75) is 13.2 Å². The fourth-order valence-corrected chi connectivity index (χ4v) is 4.57. The van der Waals surface area contributed by atoms with Crippen molar-refractivity contribution in [3.05, 3.63) is 118 Å². The number of hydrogen-bond donors (Lipinski definition) is 5. The predicted molar refractivity (Wildman–Crippen MR) is 171 cm³/mol. The van der Waals surface area contributed by atoms with Crippen LogP contribution in [-0.2, 0) is 32.4 Å². The van der Waals surface area contributed by atoms with E-state index >= 15 is 0 Å². The lowest BCUT2D eigenvalue weighted by molar-refractivity contribution is -0.253. The van der Waals surface area contributed by atoms with E-state index in [9.17, 15) is 24.3 Å². The van der Waals surface area contributed by atoms with Crippen LogP contribution in [0.5, 0.6) is 0 Å². The van der Waals surface area contributed by atoms with Crippen LogP contribution in [0, 0.1) is 0 Å². The molecule has 5 N–H and O–H groups in total. The summed E-state index contributed by atoms with van der Waals surface area (Å²) in [7, 11) is 3.23. The molecular formula is C34H33N3O10. The maximum Gasteiger partial charge on any atom is 0.338 e. The highest BCUT2D eigenvalue weighted by Gasteiger charge is 2.20. The molecule has 4 rings (SSSR count). The van der Waals surface area contributed by atoms with Gasteiger partial charge in [-0.3, -0.25) is 14.9 Å². The number of carbonyl (C=O) groups is 4. The first-order valence-corrected chi connectivity index (χ1v) is 14.3. The maximum atomic E-state index is 13.5. The number of ether oxygens (including phenoxy) is 2. The molecule has 1 amide bonds. The van der Waals surface area contributed by atoms with Crippen LogP contribution < -0.4 is 16.1 Å². The third-order valence-electron chi connectivity index (χ3n) is 6.90. The molecule has 0 saturated heterocycles. The number of anilines is 2. The molecule has 0 aliphatic heterocycles. The van der Waals surface area contributed by atoms with Gasteiger partial charge in [0.25, 0.3) is 5.91 Å². The minimum atomic E-state index is -1.30. The van der Waals surface area contributed by atoms with Gasteiger partial charge in [0, 0.05) is 25.5 Å². The van der Waals surface area contributed by atoms with E-state index < -0.39 is 23.8 Å². The summed E-state index contributed by atoms with van der Waals surface area (Å²) >= 11 is 0. The molecule has 244 valence electrons. The van der Waals surface area contributed by atoms with E-state index in [0.29, 0.717) is 33.5 Å². The zero-order chi connectivity index (χ0) is 33.8.